The van der Waals surface area contributed by atoms with E-state index in [1.807, 2.05) is 0 Å². The van der Waals surface area contributed by atoms with Crippen molar-refractivity contribution < 1.29 is 24.2 Å². The SMILES string of the molecule is CC=C1C(=O)OC2CCN3CCC(COC(=O)C(C)(O)C1C)C23. The van der Waals surface area contributed by atoms with E-state index in [4.69, 9.17) is 9.47 Å². The fraction of sp³-hybridized carbons (Fsp3) is 0.765. The summed E-state index contributed by atoms with van der Waals surface area (Å²) in [5.74, 6) is -1.65. The third-order valence-corrected chi connectivity index (χ3v) is 5.73. The molecule has 0 amide bonds. The van der Waals surface area contributed by atoms with E-state index in [2.05, 4.69) is 4.90 Å². The average molecular weight is 323 g/mol. The molecule has 1 N–H and O–H groups in total. The standard InChI is InChI=1S/C17H25NO5/c1-4-12-10(2)17(3,21)16(20)22-9-11-5-7-18-8-6-13(14(11)18)23-15(12)19/h4,10-11,13-14,21H,5-9H2,1-3H3. The van der Waals surface area contributed by atoms with Gasteiger partial charge in [-0.25, -0.2) is 9.59 Å². The van der Waals surface area contributed by atoms with Crippen LogP contribution in [0.4, 0.5) is 0 Å². The van der Waals surface area contributed by atoms with Crippen molar-refractivity contribution >= 4 is 11.9 Å². The van der Waals surface area contributed by atoms with Gasteiger partial charge in [-0.3, -0.25) is 4.90 Å². The summed E-state index contributed by atoms with van der Waals surface area (Å²) in [6, 6.07) is 0.114. The Hall–Kier alpha value is -1.40. The third-order valence-electron chi connectivity index (χ3n) is 5.73. The van der Waals surface area contributed by atoms with E-state index in [0.29, 0.717) is 5.57 Å². The number of hydrogen-bond donors (Lipinski definition) is 1. The quantitative estimate of drug-likeness (QED) is 0.527. The predicted octanol–water partition coefficient (Wildman–Crippen LogP) is 0.883. The van der Waals surface area contributed by atoms with Crippen molar-refractivity contribution in [1.29, 1.82) is 0 Å². The first-order chi connectivity index (χ1) is 10.9. The van der Waals surface area contributed by atoms with Crippen LogP contribution in [0.5, 0.6) is 0 Å². The van der Waals surface area contributed by atoms with Crippen LogP contribution in [-0.2, 0) is 19.1 Å². The molecule has 23 heavy (non-hydrogen) atoms. The van der Waals surface area contributed by atoms with Crippen molar-refractivity contribution in [2.45, 2.75) is 51.4 Å². The van der Waals surface area contributed by atoms with E-state index in [1.54, 1.807) is 19.9 Å². The van der Waals surface area contributed by atoms with E-state index >= 15 is 0 Å². The highest BCUT2D eigenvalue weighted by molar-refractivity contribution is 5.91. The second-order valence-corrected chi connectivity index (χ2v) is 7.02. The minimum Gasteiger partial charge on any atom is -0.463 e. The van der Waals surface area contributed by atoms with Crippen LogP contribution in [0.3, 0.4) is 0 Å². The van der Waals surface area contributed by atoms with E-state index < -0.39 is 23.5 Å². The monoisotopic (exact) mass is 323 g/mol. The van der Waals surface area contributed by atoms with Gasteiger partial charge in [-0.1, -0.05) is 13.0 Å². The lowest BCUT2D eigenvalue weighted by atomic mass is 9.84. The fourth-order valence-corrected chi connectivity index (χ4v) is 4.08. The highest BCUT2D eigenvalue weighted by Gasteiger charge is 2.49. The molecule has 0 bridgehead atoms. The number of allylic oxidation sites excluding steroid dienone is 1. The number of ether oxygens (including phenoxy) is 2. The third kappa shape index (κ3) is 2.68. The molecular formula is C17H25NO5. The van der Waals surface area contributed by atoms with Gasteiger partial charge in [0.05, 0.1) is 12.6 Å². The summed E-state index contributed by atoms with van der Waals surface area (Å²) in [4.78, 5) is 27.2. The van der Waals surface area contributed by atoms with Crippen LogP contribution in [-0.4, -0.2) is 59.4 Å². The molecule has 5 unspecified atom stereocenters. The van der Waals surface area contributed by atoms with Crippen molar-refractivity contribution in [3.63, 3.8) is 0 Å². The van der Waals surface area contributed by atoms with Crippen LogP contribution in [0.25, 0.3) is 0 Å². The normalized spacial score (nSPS) is 43.7. The zero-order valence-corrected chi connectivity index (χ0v) is 13.9. The van der Waals surface area contributed by atoms with Gasteiger partial charge in [-0.15, -0.1) is 0 Å². The number of hydrogen-bond acceptors (Lipinski definition) is 6. The Morgan fingerprint density at radius 2 is 2.00 bits per heavy atom. The summed E-state index contributed by atoms with van der Waals surface area (Å²) < 4.78 is 11.2. The Bertz CT molecular complexity index is 541. The fourth-order valence-electron chi connectivity index (χ4n) is 4.08. The Balaban J connectivity index is 1.94. The van der Waals surface area contributed by atoms with E-state index in [9.17, 15) is 14.7 Å². The number of carbonyl (C=O) groups is 2. The summed E-state index contributed by atoms with van der Waals surface area (Å²) in [5, 5.41) is 10.6. The summed E-state index contributed by atoms with van der Waals surface area (Å²) in [6.07, 6.45) is 3.17. The topological polar surface area (TPSA) is 76.1 Å². The van der Waals surface area contributed by atoms with Gasteiger partial charge in [-0.05, 0) is 33.2 Å². The molecular weight excluding hydrogens is 298 g/mol. The maximum Gasteiger partial charge on any atom is 0.338 e. The maximum atomic E-state index is 12.6. The summed E-state index contributed by atoms with van der Waals surface area (Å²) in [5.41, 5.74) is -1.43. The zero-order valence-electron chi connectivity index (χ0n) is 13.9. The Labute approximate surface area is 136 Å². The molecule has 3 heterocycles. The first-order valence-corrected chi connectivity index (χ1v) is 8.37. The minimum atomic E-state index is -1.75. The zero-order chi connectivity index (χ0) is 16.8. The number of nitrogens with zero attached hydrogens (tertiary/aromatic N) is 1. The van der Waals surface area contributed by atoms with Crippen LogP contribution >= 0.6 is 0 Å². The number of esters is 2. The Morgan fingerprint density at radius 1 is 1.30 bits per heavy atom. The molecule has 6 heteroatoms. The largest absolute Gasteiger partial charge is 0.463 e. The van der Waals surface area contributed by atoms with Gasteiger partial charge in [0, 0.05) is 24.0 Å². The smallest absolute Gasteiger partial charge is 0.338 e. The number of rotatable bonds is 0. The highest BCUT2D eigenvalue weighted by atomic mass is 16.6. The Kier molecular flexibility index (Phi) is 4.23. The van der Waals surface area contributed by atoms with Crippen LogP contribution in [0.15, 0.2) is 11.6 Å². The molecule has 3 saturated heterocycles. The average Bonchev–Trinajstić information content (AvgIpc) is 3.07. The van der Waals surface area contributed by atoms with Crippen molar-refractivity contribution in [3.05, 3.63) is 11.6 Å². The molecule has 0 saturated carbocycles. The van der Waals surface area contributed by atoms with Crippen LogP contribution in [0, 0.1) is 11.8 Å². The summed E-state index contributed by atoms with van der Waals surface area (Å²) >= 11 is 0. The molecule has 6 nitrogen and oxygen atoms in total. The van der Waals surface area contributed by atoms with Crippen molar-refractivity contribution in [1.82, 2.24) is 4.90 Å². The predicted molar refractivity (Wildman–Crippen MR) is 82.5 cm³/mol. The highest BCUT2D eigenvalue weighted by Crippen LogP contribution is 2.37. The van der Waals surface area contributed by atoms with Gasteiger partial charge in [0.1, 0.15) is 6.10 Å². The van der Waals surface area contributed by atoms with Crippen LogP contribution in [0.2, 0.25) is 0 Å². The molecule has 0 aromatic heterocycles. The molecule has 5 atom stereocenters. The summed E-state index contributed by atoms with van der Waals surface area (Å²) in [7, 11) is 0. The van der Waals surface area contributed by atoms with Gasteiger partial charge in [0.25, 0.3) is 0 Å². The Morgan fingerprint density at radius 3 is 2.70 bits per heavy atom. The van der Waals surface area contributed by atoms with Crippen LogP contribution in [0.1, 0.15) is 33.6 Å². The van der Waals surface area contributed by atoms with Crippen molar-refractivity contribution in [2.75, 3.05) is 19.7 Å². The first-order valence-electron chi connectivity index (χ1n) is 8.37. The lowest BCUT2D eigenvalue weighted by Crippen LogP contribution is -2.45. The summed E-state index contributed by atoms with van der Waals surface area (Å²) in [6.45, 7) is 6.87. The molecule has 0 aromatic carbocycles. The lowest BCUT2D eigenvalue weighted by Gasteiger charge is -2.29. The first kappa shape index (κ1) is 16.5. The van der Waals surface area contributed by atoms with Crippen molar-refractivity contribution in [2.24, 2.45) is 11.8 Å². The molecule has 0 radical (unpaired) electrons. The lowest BCUT2D eigenvalue weighted by molar-refractivity contribution is -0.169. The second-order valence-electron chi connectivity index (χ2n) is 7.02. The van der Waals surface area contributed by atoms with E-state index in [0.717, 1.165) is 25.9 Å². The van der Waals surface area contributed by atoms with Gasteiger partial charge >= 0.3 is 11.9 Å². The van der Waals surface area contributed by atoms with Crippen molar-refractivity contribution in [3.8, 4) is 0 Å². The minimum absolute atomic E-state index is 0.114. The second kappa shape index (κ2) is 5.91. The number of carbonyl (C=O) groups excluding carboxylic acids is 2. The van der Waals surface area contributed by atoms with Crippen LogP contribution < -0.4 is 0 Å². The molecule has 3 aliphatic rings. The molecule has 3 aliphatic heterocycles. The van der Waals surface area contributed by atoms with E-state index in [1.165, 1.54) is 6.92 Å². The molecule has 0 aliphatic carbocycles. The van der Waals surface area contributed by atoms with Gasteiger partial charge in [0.15, 0.2) is 5.60 Å². The molecule has 3 fully saturated rings. The number of aliphatic hydroxyl groups is 1. The van der Waals surface area contributed by atoms with Gasteiger partial charge < -0.3 is 14.6 Å². The number of cyclic esters (lactones) is 1. The maximum absolute atomic E-state index is 12.6. The molecule has 3 rings (SSSR count). The van der Waals surface area contributed by atoms with Gasteiger partial charge in [0.2, 0.25) is 0 Å². The molecule has 128 valence electrons. The molecule has 0 aromatic rings. The van der Waals surface area contributed by atoms with E-state index in [-0.39, 0.29) is 24.7 Å². The molecule has 0 spiro atoms. The van der Waals surface area contributed by atoms with Gasteiger partial charge in [-0.2, -0.15) is 0 Å².